The highest BCUT2D eigenvalue weighted by molar-refractivity contribution is 6.09. The van der Waals surface area contributed by atoms with Crippen molar-refractivity contribution in [1.29, 1.82) is 0 Å². The molecule has 0 aliphatic carbocycles. The third kappa shape index (κ3) is 6.07. The number of ether oxygens (including phenoxy) is 1. The second kappa shape index (κ2) is 11.1. The van der Waals surface area contributed by atoms with Gasteiger partial charge in [-0.1, -0.05) is 91.0 Å². The summed E-state index contributed by atoms with van der Waals surface area (Å²) in [5.41, 5.74) is 6.23. The van der Waals surface area contributed by atoms with Crippen molar-refractivity contribution >= 4 is 40.1 Å². The fraction of sp³-hybridized carbons (Fsp3) is 0.176. The van der Waals surface area contributed by atoms with Gasteiger partial charge in [0.05, 0.1) is 0 Å². The lowest BCUT2D eigenvalue weighted by Crippen LogP contribution is -2.43. The van der Waals surface area contributed by atoms with Gasteiger partial charge in [-0.05, 0) is 61.6 Å². The summed E-state index contributed by atoms with van der Waals surface area (Å²) in [6, 6.07) is 29.6. The molecule has 5 rings (SSSR count). The first-order chi connectivity index (χ1) is 19.2. The molecular formula is C34H31NO5. The van der Waals surface area contributed by atoms with Crippen LogP contribution in [0.5, 0.6) is 0 Å². The van der Waals surface area contributed by atoms with Crippen molar-refractivity contribution in [2.75, 3.05) is 0 Å². The van der Waals surface area contributed by atoms with Gasteiger partial charge < -0.3 is 19.6 Å². The van der Waals surface area contributed by atoms with Crippen LogP contribution in [0.15, 0.2) is 101 Å². The van der Waals surface area contributed by atoms with E-state index in [0.29, 0.717) is 0 Å². The Morgan fingerprint density at radius 3 is 2.33 bits per heavy atom. The molecule has 40 heavy (non-hydrogen) atoms. The van der Waals surface area contributed by atoms with Crippen LogP contribution in [0.2, 0.25) is 0 Å². The molecule has 4 aromatic carbocycles. The summed E-state index contributed by atoms with van der Waals surface area (Å²) in [6.45, 7) is 5.18. The van der Waals surface area contributed by atoms with E-state index in [1.54, 1.807) is 26.8 Å². The quantitative estimate of drug-likeness (QED) is 0.220. The molecule has 202 valence electrons. The molecule has 0 spiro atoms. The lowest BCUT2D eigenvalue weighted by Gasteiger charge is -2.21. The van der Waals surface area contributed by atoms with E-state index in [-0.39, 0.29) is 6.42 Å². The molecule has 6 heteroatoms. The SMILES string of the molecule is CC(C)(C)OC(=O)NC(CC=Cc1ccc(-c2cccc(-c3cccc4c3oc3ccccc34)c2)cc1)C(=O)O. The number of rotatable bonds is 7. The fourth-order valence-electron chi connectivity index (χ4n) is 4.64. The van der Waals surface area contributed by atoms with E-state index in [4.69, 9.17) is 9.15 Å². The van der Waals surface area contributed by atoms with Gasteiger partial charge in [-0.15, -0.1) is 0 Å². The zero-order valence-electron chi connectivity index (χ0n) is 22.7. The van der Waals surface area contributed by atoms with Gasteiger partial charge in [-0.25, -0.2) is 9.59 Å². The van der Waals surface area contributed by atoms with Gasteiger partial charge in [-0.2, -0.15) is 0 Å². The molecule has 1 aromatic heterocycles. The van der Waals surface area contributed by atoms with Crippen LogP contribution in [0.1, 0.15) is 32.8 Å². The average molecular weight is 534 g/mol. The summed E-state index contributed by atoms with van der Waals surface area (Å²) in [5, 5.41) is 14.1. The van der Waals surface area contributed by atoms with E-state index in [2.05, 4.69) is 47.8 Å². The molecule has 1 heterocycles. The third-order valence-electron chi connectivity index (χ3n) is 6.49. The van der Waals surface area contributed by atoms with E-state index in [1.165, 1.54) is 0 Å². The normalized spacial score (nSPS) is 12.6. The highest BCUT2D eigenvalue weighted by Gasteiger charge is 2.23. The second-order valence-electron chi connectivity index (χ2n) is 10.7. The van der Waals surface area contributed by atoms with E-state index in [0.717, 1.165) is 49.8 Å². The summed E-state index contributed by atoms with van der Waals surface area (Å²) in [6.07, 6.45) is 2.96. The molecule has 0 bridgehead atoms. The standard InChI is InChI=1S/C34H31NO5/c1-34(2,3)40-33(38)35-29(32(36)37)15-6-9-22-17-19-23(20-18-22)24-10-7-11-25(21-24)26-13-8-14-28-27-12-4-5-16-30(27)39-31(26)28/h4-14,16-21,29H,15H2,1-3H3,(H,35,38)(H,36,37). The Morgan fingerprint density at radius 2 is 1.57 bits per heavy atom. The molecule has 0 saturated carbocycles. The maximum absolute atomic E-state index is 12.0. The number of alkyl carbamates (subject to hydrolysis) is 1. The van der Waals surface area contributed by atoms with Crippen LogP contribution < -0.4 is 5.32 Å². The Bertz CT molecular complexity index is 1710. The number of nitrogens with one attached hydrogen (secondary N) is 1. The average Bonchev–Trinajstić information content (AvgIpc) is 3.31. The molecule has 1 unspecified atom stereocenters. The molecule has 1 atom stereocenters. The van der Waals surface area contributed by atoms with Gasteiger partial charge in [0.1, 0.15) is 22.8 Å². The summed E-state index contributed by atoms with van der Waals surface area (Å²) in [5.74, 6) is -1.12. The Balaban J connectivity index is 1.31. The number of benzene rings is 4. The number of para-hydroxylation sites is 2. The van der Waals surface area contributed by atoms with Crippen molar-refractivity contribution in [3.05, 3.63) is 103 Å². The number of carboxylic acids is 1. The molecule has 0 aliphatic heterocycles. The monoisotopic (exact) mass is 533 g/mol. The van der Waals surface area contributed by atoms with Crippen LogP contribution in [0.25, 0.3) is 50.3 Å². The molecule has 2 N–H and O–H groups in total. The van der Waals surface area contributed by atoms with E-state index in [9.17, 15) is 14.7 Å². The van der Waals surface area contributed by atoms with Crippen molar-refractivity contribution in [2.24, 2.45) is 0 Å². The predicted octanol–water partition coefficient (Wildman–Crippen LogP) is 8.30. The molecule has 1 amide bonds. The Kier molecular flexibility index (Phi) is 7.43. The number of hydrogen-bond acceptors (Lipinski definition) is 4. The summed E-state index contributed by atoms with van der Waals surface area (Å²) >= 11 is 0. The van der Waals surface area contributed by atoms with E-state index < -0.39 is 23.7 Å². The van der Waals surface area contributed by atoms with Crippen LogP contribution in [0.4, 0.5) is 4.79 Å². The van der Waals surface area contributed by atoms with Gasteiger partial charge >= 0.3 is 12.1 Å². The first-order valence-corrected chi connectivity index (χ1v) is 13.2. The van der Waals surface area contributed by atoms with Crippen LogP contribution in [-0.4, -0.2) is 28.8 Å². The molecular weight excluding hydrogens is 502 g/mol. The number of hydrogen-bond donors (Lipinski definition) is 2. The van der Waals surface area contributed by atoms with Crippen molar-refractivity contribution in [2.45, 2.75) is 38.8 Å². The number of furan rings is 1. The van der Waals surface area contributed by atoms with Gasteiger partial charge in [0, 0.05) is 16.3 Å². The largest absolute Gasteiger partial charge is 0.480 e. The first kappa shape index (κ1) is 26.8. The minimum Gasteiger partial charge on any atom is -0.480 e. The number of aliphatic carboxylic acids is 1. The van der Waals surface area contributed by atoms with Crippen molar-refractivity contribution < 1.29 is 23.8 Å². The molecule has 6 nitrogen and oxygen atoms in total. The Hall–Kier alpha value is -4.84. The highest BCUT2D eigenvalue weighted by atomic mass is 16.6. The van der Waals surface area contributed by atoms with Gasteiger partial charge in [0.25, 0.3) is 0 Å². The molecule has 0 saturated heterocycles. The summed E-state index contributed by atoms with van der Waals surface area (Å²) < 4.78 is 11.4. The zero-order valence-corrected chi connectivity index (χ0v) is 22.7. The van der Waals surface area contributed by atoms with E-state index >= 15 is 0 Å². The van der Waals surface area contributed by atoms with Crippen LogP contribution in [0, 0.1) is 0 Å². The zero-order chi connectivity index (χ0) is 28.3. The molecule has 0 aliphatic rings. The van der Waals surface area contributed by atoms with Crippen LogP contribution in [-0.2, 0) is 9.53 Å². The molecule has 5 aromatic rings. The summed E-state index contributed by atoms with van der Waals surface area (Å²) in [7, 11) is 0. The number of carbonyl (C=O) groups excluding carboxylic acids is 1. The number of fused-ring (bicyclic) bond motifs is 3. The van der Waals surface area contributed by atoms with Crippen molar-refractivity contribution in [3.63, 3.8) is 0 Å². The second-order valence-corrected chi connectivity index (χ2v) is 10.7. The lowest BCUT2D eigenvalue weighted by atomic mass is 9.97. The maximum Gasteiger partial charge on any atom is 0.408 e. The first-order valence-electron chi connectivity index (χ1n) is 13.2. The van der Waals surface area contributed by atoms with Gasteiger partial charge in [0.15, 0.2) is 0 Å². The third-order valence-corrected chi connectivity index (χ3v) is 6.49. The Morgan fingerprint density at radius 1 is 0.875 bits per heavy atom. The smallest absolute Gasteiger partial charge is 0.408 e. The molecule has 0 radical (unpaired) electrons. The van der Waals surface area contributed by atoms with Crippen molar-refractivity contribution in [1.82, 2.24) is 5.32 Å². The highest BCUT2D eigenvalue weighted by Crippen LogP contribution is 2.36. The number of amides is 1. The maximum atomic E-state index is 12.0. The van der Waals surface area contributed by atoms with Gasteiger partial charge in [-0.3, -0.25) is 0 Å². The predicted molar refractivity (Wildman–Crippen MR) is 159 cm³/mol. The lowest BCUT2D eigenvalue weighted by molar-refractivity contribution is -0.139. The topological polar surface area (TPSA) is 88.8 Å². The fourth-order valence-corrected chi connectivity index (χ4v) is 4.64. The molecule has 0 fully saturated rings. The van der Waals surface area contributed by atoms with Crippen LogP contribution >= 0.6 is 0 Å². The van der Waals surface area contributed by atoms with Crippen molar-refractivity contribution in [3.8, 4) is 22.3 Å². The van der Waals surface area contributed by atoms with E-state index in [1.807, 2.05) is 54.6 Å². The number of carboxylic acid groups (broad SMARTS) is 1. The minimum atomic E-state index is -1.12. The Labute approximate surface area is 232 Å². The van der Waals surface area contributed by atoms with Crippen LogP contribution in [0.3, 0.4) is 0 Å². The minimum absolute atomic E-state index is 0.131. The number of carbonyl (C=O) groups is 2. The van der Waals surface area contributed by atoms with Gasteiger partial charge in [0.2, 0.25) is 0 Å². The summed E-state index contributed by atoms with van der Waals surface area (Å²) in [4.78, 5) is 23.6.